The van der Waals surface area contributed by atoms with Crippen LogP contribution in [0.3, 0.4) is 0 Å². The Hall–Kier alpha value is -1.73. The Morgan fingerprint density at radius 3 is 2.87 bits per heavy atom. The second-order valence-corrected chi connectivity index (χ2v) is 8.06. The highest BCUT2D eigenvalue weighted by Gasteiger charge is 2.33. The molecule has 1 saturated heterocycles. The second kappa shape index (κ2) is 6.05. The molecule has 0 aliphatic carbocycles. The van der Waals surface area contributed by atoms with E-state index in [-0.39, 0.29) is 10.8 Å². The first-order chi connectivity index (χ1) is 10.9. The zero-order chi connectivity index (χ0) is 16.6. The van der Waals surface area contributed by atoms with E-state index < -0.39 is 15.8 Å². The van der Waals surface area contributed by atoms with Crippen molar-refractivity contribution in [2.24, 2.45) is 13.0 Å². The van der Waals surface area contributed by atoms with Gasteiger partial charge in [0.1, 0.15) is 5.82 Å². The molecule has 0 radical (unpaired) electrons. The Balaban J connectivity index is 1.76. The van der Waals surface area contributed by atoms with Gasteiger partial charge < -0.3 is 0 Å². The predicted octanol–water partition coefficient (Wildman–Crippen LogP) is 2.12. The van der Waals surface area contributed by atoms with E-state index in [9.17, 15) is 12.8 Å². The van der Waals surface area contributed by atoms with Crippen molar-refractivity contribution in [2.45, 2.75) is 24.7 Å². The predicted molar refractivity (Wildman–Crippen MR) is 84.9 cm³/mol. The smallest absolute Gasteiger partial charge is 0.243 e. The molecule has 0 unspecified atom stereocenters. The normalized spacial score (nSPS) is 19.3. The maximum Gasteiger partial charge on any atom is 0.243 e. The number of halogens is 1. The van der Waals surface area contributed by atoms with Crippen molar-refractivity contribution in [2.75, 3.05) is 13.1 Å². The molecule has 1 fully saturated rings. The van der Waals surface area contributed by atoms with E-state index in [2.05, 4.69) is 5.10 Å². The van der Waals surface area contributed by atoms with Gasteiger partial charge in [0.25, 0.3) is 0 Å². The van der Waals surface area contributed by atoms with Crippen LogP contribution in [0.15, 0.2) is 35.5 Å². The molecule has 0 amide bonds. The van der Waals surface area contributed by atoms with Gasteiger partial charge in [-0.2, -0.15) is 9.40 Å². The Morgan fingerprint density at radius 1 is 1.39 bits per heavy atom. The average Bonchev–Trinajstić information content (AvgIpc) is 3.11. The van der Waals surface area contributed by atoms with Crippen molar-refractivity contribution in [3.05, 3.63) is 47.5 Å². The Bertz CT molecular complexity index is 816. The van der Waals surface area contributed by atoms with Gasteiger partial charge in [-0.1, -0.05) is 6.07 Å². The summed E-state index contributed by atoms with van der Waals surface area (Å²) in [6.45, 7) is 2.63. The molecule has 1 aliphatic heterocycles. The number of hydrogen-bond donors (Lipinski definition) is 0. The highest BCUT2D eigenvalue weighted by molar-refractivity contribution is 7.89. The van der Waals surface area contributed by atoms with Crippen molar-refractivity contribution in [1.82, 2.24) is 14.1 Å². The van der Waals surface area contributed by atoms with Gasteiger partial charge >= 0.3 is 0 Å². The summed E-state index contributed by atoms with van der Waals surface area (Å²) in [7, 11) is -1.78. The fourth-order valence-corrected chi connectivity index (χ4v) is 4.85. The third kappa shape index (κ3) is 3.30. The number of rotatable bonds is 4. The molecule has 23 heavy (non-hydrogen) atoms. The molecule has 5 nitrogen and oxygen atoms in total. The van der Waals surface area contributed by atoms with Gasteiger partial charge in [0, 0.05) is 26.3 Å². The monoisotopic (exact) mass is 337 g/mol. The van der Waals surface area contributed by atoms with Gasteiger partial charge in [-0.15, -0.1) is 0 Å². The quantitative estimate of drug-likeness (QED) is 0.859. The molecule has 124 valence electrons. The summed E-state index contributed by atoms with van der Waals surface area (Å²) in [5.41, 5.74) is 1.68. The zero-order valence-corrected chi connectivity index (χ0v) is 14.1. The van der Waals surface area contributed by atoms with Crippen LogP contribution in [0.1, 0.15) is 17.5 Å². The maximum absolute atomic E-state index is 13.4. The molecular weight excluding hydrogens is 317 g/mol. The molecule has 1 aromatic carbocycles. The summed E-state index contributed by atoms with van der Waals surface area (Å²) in [6, 6.07) is 3.90. The van der Waals surface area contributed by atoms with E-state index >= 15 is 0 Å². The maximum atomic E-state index is 13.4. The molecule has 0 bridgehead atoms. The van der Waals surface area contributed by atoms with Crippen LogP contribution in [-0.4, -0.2) is 35.6 Å². The van der Waals surface area contributed by atoms with Crippen LogP contribution in [0, 0.1) is 18.7 Å². The molecule has 3 rings (SSSR count). The van der Waals surface area contributed by atoms with Crippen LogP contribution in [0.2, 0.25) is 0 Å². The number of aromatic nitrogens is 2. The lowest BCUT2D eigenvalue weighted by Crippen LogP contribution is -2.29. The van der Waals surface area contributed by atoms with Crippen LogP contribution < -0.4 is 0 Å². The summed E-state index contributed by atoms with van der Waals surface area (Å²) in [5, 5.41) is 4.14. The summed E-state index contributed by atoms with van der Waals surface area (Å²) in [5.74, 6) is -0.261. The van der Waals surface area contributed by atoms with Crippen molar-refractivity contribution in [3.63, 3.8) is 0 Å². The van der Waals surface area contributed by atoms with Crippen molar-refractivity contribution in [1.29, 1.82) is 0 Å². The van der Waals surface area contributed by atoms with Gasteiger partial charge in [-0.25, -0.2) is 12.8 Å². The van der Waals surface area contributed by atoms with Gasteiger partial charge in [-0.3, -0.25) is 4.68 Å². The lowest BCUT2D eigenvalue weighted by Gasteiger charge is -2.18. The summed E-state index contributed by atoms with van der Waals surface area (Å²) < 4.78 is 42.2. The van der Waals surface area contributed by atoms with Crippen LogP contribution in [0.4, 0.5) is 4.39 Å². The molecule has 1 atom stereocenters. The molecular formula is C16H20FN3O2S. The molecule has 1 aliphatic rings. The molecule has 0 spiro atoms. The topological polar surface area (TPSA) is 55.2 Å². The Morgan fingerprint density at radius 2 is 2.17 bits per heavy atom. The van der Waals surface area contributed by atoms with E-state index in [0.29, 0.717) is 18.7 Å². The minimum Gasteiger partial charge on any atom is -0.276 e. The zero-order valence-electron chi connectivity index (χ0n) is 13.2. The number of nitrogens with zero attached hydrogens (tertiary/aromatic N) is 3. The summed E-state index contributed by atoms with van der Waals surface area (Å²) >= 11 is 0. The SMILES string of the molecule is Cc1ccc(F)cc1S(=O)(=O)N1CC[C@H](Cc2cnn(C)c2)C1. The van der Waals surface area contributed by atoms with Crippen LogP contribution in [0.5, 0.6) is 0 Å². The molecule has 2 aromatic rings. The van der Waals surface area contributed by atoms with E-state index in [0.717, 1.165) is 24.5 Å². The Kier molecular flexibility index (Phi) is 4.25. The van der Waals surface area contributed by atoms with Crippen LogP contribution >= 0.6 is 0 Å². The summed E-state index contributed by atoms with van der Waals surface area (Å²) in [6.07, 6.45) is 5.38. The first-order valence-corrected chi connectivity index (χ1v) is 9.04. The third-order valence-corrected chi connectivity index (χ3v) is 6.31. The van der Waals surface area contributed by atoms with E-state index in [1.807, 2.05) is 19.4 Å². The van der Waals surface area contributed by atoms with Crippen molar-refractivity contribution in [3.8, 4) is 0 Å². The third-order valence-electron chi connectivity index (χ3n) is 4.30. The molecule has 1 aromatic heterocycles. The molecule has 2 heterocycles. The molecule has 7 heteroatoms. The first-order valence-electron chi connectivity index (χ1n) is 7.60. The largest absolute Gasteiger partial charge is 0.276 e. The number of aryl methyl sites for hydroxylation is 2. The fourth-order valence-electron chi connectivity index (χ4n) is 3.08. The highest BCUT2D eigenvalue weighted by atomic mass is 32.2. The minimum absolute atomic E-state index is 0.0690. The van der Waals surface area contributed by atoms with Gasteiger partial charge in [0.15, 0.2) is 0 Å². The van der Waals surface area contributed by atoms with Crippen molar-refractivity contribution < 1.29 is 12.8 Å². The molecule has 0 N–H and O–H groups in total. The van der Waals surface area contributed by atoms with E-state index in [1.165, 1.54) is 16.4 Å². The number of sulfonamides is 1. The Labute approximate surface area is 135 Å². The number of benzene rings is 1. The van der Waals surface area contributed by atoms with Gasteiger partial charge in [-0.05, 0) is 48.9 Å². The van der Waals surface area contributed by atoms with E-state index in [1.54, 1.807) is 11.6 Å². The minimum atomic E-state index is -3.64. The average molecular weight is 337 g/mol. The fraction of sp³-hybridized carbons (Fsp3) is 0.438. The number of hydrogen-bond acceptors (Lipinski definition) is 3. The van der Waals surface area contributed by atoms with Crippen LogP contribution in [-0.2, 0) is 23.5 Å². The standard InChI is InChI=1S/C16H20FN3O2S/c1-12-3-4-15(17)8-16(12)23(21,22)20-6-5-13(11-20)7-14-9-18-19(2)10-14/h3-4,8-10,13H,5-7,11H2,1-2H3/t13-/m1/s1. The van der Waals surface area contributed by atoms with E-state index in [4.69, 9.17) is 0 Å². The second-order valence-electron chi connectivity index (χ2n) is 6.15. The van der Waals surface area contributed by atoms with Gasteiger partial charge in [0.05, 0.1) is 11.1 Å². The summed E-state index contributed by atoms with van der Waals surface area (Å²) in [4.78, 5) is 0.0690. The first kappa shape index (κ1) is 16.1. The van der Waals surface area contributed by atoms with Gasteiger partial charge in [0.2, 0.25) is 10.0 Å². The molecule has 0 saturated carbocycles. The van der Waals surface area contributed by atoms with Crippen molar-refractivity contribution >= 4 is 10.0 Å². The highest BCUT2D eigenvalue weighted by Crippen LogP contribution is 2.28. The van der Waals surface area contributed by atoms with Crippen LogP contribution in [0.25, 0.3) is 0 Å². The lowest BCUT2D eigenvalue weighted by molar-refractivity contribution is 0.455. The lowest BCUT2D eigenvalue weighted by atomic mass is 10.0.